The van der Waals surface area contributed by atoms with Gasteiger partial charge in [0.25, 0.3) is 0 Å². The Hall–Kier alpha value is -1.46. The lowest BCUT2D eigenvalue weighted by Gasteiger charge is -2.16. The van der Waals surface area contributed by atoms with E-state index in [1.54, 1.807) is 0 Å². The molecule has 126 valence electrons. The molecule has 23 heavy (non-hydrogen) atoms. The number of rotatable bonds is 4. The van der Waals surface area contributed by atoms with E-state index in [2.05, 4.69) is 15.0 Å². The van der Waals surface area contributed by atoms with E-state index in [4.69, 9.17) is 10.5 Å². The van der Waals surface area contributed by atoms with E-state index >= 15 is 0 Å². The molecule has 2 aromatic heterocycles. The van der Waals surface area contributed by atoms with Crippen LogP contribution in [-0.4, -0.2) is 65.0 Å². The summed E-state index contributed by atoms with van der Waals surface area (Å²) in [6.45, 7) is 3.63. The van der Waals surface area contributed by atoms with Crippen molar-refractivity contribution in [3.05, 3.63) is 6.33 Å². The van der Waals surface area contributed by atoms with E-state index in [0.717, 1.165) is 0 Å². The molecule has 0 radical (unpaired) electrons. The SMILES string of the molecule is CC(C)Sc1nc(N)c2ncn([C@@H]3O[C@H](CO)C(O)C3O)c2n1. The molecule has 1 aliphatic rings. The quantitative estimate of drug-likeness (QED) is 0.429. The Morgan fingerprint density at radius 1 is 1.35 bits per heavy atom. The van der Waals surface area contributed by atoms with E-state index < -0.39 is 31.1 Å². The highest BCUT2D eigenvalue weighted by Gasteiger charge is 2.44. The van der Waals surface area contributed by atoms with Crippen LogP contribution in [0.5, 0.6) is 0 Å². The van der Waals surface area contributed by atoms with Crippen LogP contribution in [0.25, 0.3) is 11.2 Å². The first-order valence-corrected chi connectivity index (χ1v) is 8.09. The van der Waals surface area contributed by atoms with Crippen molar-refractivity contribution in [3.63, 3.8) is 0 Å². The Bertz CT molecular complexity index is 709. The molecule has 4 atom stereocenters. The number of imidazole rings is 1. The van der Waals surface area contributed by atoms with Crippen LogP contribution >= 0.6 is 11.8 Å². The second-order valence-electron chi connectivity index (χ2n) is 5.61. The van der Waals surface area contributed by atoms with Crippen molar-refractivity contribution < 1.29 is 20.1 Å². The first-order valence-electron chi connectivity index (χ1n) is 7.21. The van der Waals surface area contributed by atoms with Crippen LogP contribution in [0.4, 0.5) is 5.82 Å². The maximum absolute atomic E-state index is 10.2. The number of thioether (sulfide) groups is 1. The summed E-state index contributed by atoms with van der Waals surface area (Å²) >= 11 is 1.45. The zero-order valence-corrected chi connectivity index (χ0v) is 13.5. The average Bonchev–Trinajstić information content (AvgIpc) is 3.01. The number of aromatic nitrogens is 4. The Labute approximate surface area is 136 Å². The molecule has 0 bridgehead atoms. The largest absolute Gasteiger partial charge is 0.394 e. The van der Waals surface area contributed by atoms with Crippen molar-refractivity contribution in [2.75, 3.05) is 12.3 Å². The number of nitrogens with zero attached hydrogens (tertiary/aromatic N) is 4. The summed E-state index contributed by atoms with van der Waals surface area (Å²) < 4.78 is 7.01. The molecular weight excluding hydrogens is 322 g/mol. The van der Waals surface area contributed by atoms with Crippen molar-refractivity contribution in [2.24, 2.45) is 0 Å². The van der Waals surface area contributed by atoms with Gasteiger partial charge in [-0.15, -0.1) is 0 Å². The van der Waals surface area contributed by atoms with Gasteiger partial charge in [-0.3, -0.25) is 4.57 Å². The molecule has 3 rings (SSSR count). The standard InChI is InChI=1S/C13H19N5O4S/c1-5(2)23-13-16-10(14)7-11(17-13)18(4-15-7)12-9(21)8(20)6(3-19)22-12/h4-6,8-9,12,19-21H,3H2,1-2H3,(H2,14,16,17)/t6-,8?,9?,12-/m1/s1. The lowest BCUT2D eigenvalue weighted by molar-refractivity contribution is -0.0511. The highest BCUT2D eigenvalue weighted by Crippen LogP contribution is 2.32. The van der Waals surface area contributed by atoms with Gasteiger partial charge in [-0.1, -0.05) is 25.6 Å². The lowest BCUT2D eigenvalue weighted by atomic mass is 10.1. The molecule has 1 aliphatic heterocycles. The number of aliphatic hydroxyl groups is 3. The summed E-state index contributed by atoms with van der Waals surface area (Å²) in [6.07, 6.45) is -2.73. The summed E-state index contributed by atoms with van der Waals surface area (Å²) in [5.41, 5.74) is 6.74. The molecule has 10 heteroatoms. The van der Waals surface area contributed by atoms with Gasteiger partial charge < -0.3 is 25.8 Å². The molecule has 0 saturated carbocycles. The van der Waals surface area contributed by atoms with E-state index in [9.17, 15) is 15.3 Å². The van der Waals surface area contributed by atoms with Crippen LogP contribution < -0.4 is 5.73 Å². The van der Waals surface area contributed by atoms with Crippen molar-refractivity contribution in [1.82, 2.24) is 19.5 Å². The number of ether oxygens (including phenoxy) is 1. The Morgan fingerprint density at radius 2 is 2.09 bits per heavy atom. The second kappa shape index (κ2) is 6.21. The number of nitrogen functional groups attached to an aromatic ring is 1. The summed E-state index contributed by atoms with van der Waals surface area (Å²) in [5.74, 6) is 0.239. The van der Waals surface area contributed by atoms with Crippen molar-refractivity contribution in [1.29, 1.82) is 0 Å². The van der Waals surface area contributed by atoms with Crippen LogP contribution in [0.15, 0.2) is 11.5 Å². The normalized spacial score (nSPS) is 28.1. The van der Waals surface area contributed by atoms with Crippen molar-refractivity contribution in [2.45, 2.75) is 48.8 Å². The average molecular weight is 341 g/mol. The molecule has 9 nitrogen and oxygen atoms in total. The highest BCUT2D eigenvalue weighted by atomic mass is 32.2. The first-order chi connectivity index (χ1) is 10.9. The predicted octanol–water partition coefficient (Wildman–Crippen LogP) is -0.480. The fraction of sp³-hybridized carbons (Fsp3) is 0.615. The Morgan fingerprint density at radius 3 is 2.70 bits per heavy atom. The van der Waals surface area contributed by atoms with Gasteiger partial charge in [-0.05, 0) is 0 Å². The van der Waals surface area contributed by atoms with Gasteiger partial charge >= 0.3 is 0 Å². The number of fused-ring (bicyclic) bond motifs is 1. The topological polar surface area (TPSA) is 140 Å². The minimum Gasteiger partial charge on any atom is -0.394 e. The van der Waals surface area contributed by atoms with Gasteiger partial charge in [-0.2, -0.15) is 0 Å². The fourth-order valence-electron chi connectivity index (χ4n) is 2.48. The summed E-state index contributed by atoms with van der Waals surface area (Å²) in [6, 6.07) is 0. The molecule has 3 heterocycles. The predicted molar refractivity (Wildman–Crippen MR) is 83.7 cm³/mol. The first kappa shape index (κ1) is 16.4. The zero-order valence-electron chi connectivity index (χ0n) is 12.7. The maximum atomic E-state index is 10.2. The van der Waals surface area contributed by atoms with Crippen LogP contribution in [0.3, 0.4) is 0 Å². The van der Waals surface area contributed by atoms with Gasteiger partial charge in [0, 0.05) is 5.25 Å². The molecule has 0 aromatic carbocycles. The number of aliphatic hydroxyl groups excluding tert-OH is 3. The molecule has 1 saturated heterocycles. The lowest BCUT2D eigenvalue weighted by Crippen LogP contribution is -2.33. The third kappa shape index (κ3) is 2.88. The third-order valence-corrected chi connectivity index (χ3v) is 4.43. The van der Waals surface area contributed by atoms with Gasteiger partial charge in [-0.25, -0.2) is 15.0 Å². The molecule has 5 N–H and O–H groups in total. The zero-order chi connectivity index (χ0) is 16.7. The van der Waals surface area contributed by atoms with Crippen LogP contribution in [0, 0.1) is 0 Å². The monoisotopic (exact) mass is 341 g/mol. The molecule has 0 amide bonds. The van der Waals surface area contributed by atoms with E-state index in [0.29, 0.717) is 16.3 Å². The Balaban J connectivity index is 2.03. The number of anilines is 1. The van der Waals surface area contributed by atoms with Gasteiger partial charge in [0.15, 0.2) is 22.8 Å². The number of hydrogen-bond acceptors (Lipinski definition) is 9. The van der Waals surface area contributed by atoms with E-state index in [1.807, 2.05) is 13.8 Å². The minimum atomic E-state index is -1.21. The fourth-order valence-corrected chi connectivity index (χ4v) is 3.19. The Kier molecular flexibility index (Phi) is 4.43. The van der Waals surface area contributed by atoms with Crippen molar-refractivity contribution >= 4 is 28.7 Å². The van der Waals surface area contributed by atoms with Crippen LogP contribution in [0.1, 0.15) is 20.1 Å². The van der Waals surface area contributed by atoms with E-state index in [1.165, 1.54) is 22.7 Å². The molecule has 0 spiro atoms. The molecule has 0 aliphatic carbocycles. The van der Waals surface area contributed by atoms with Crippen LogP contribution in [-0.2, 0) is 4.74 Å². The van der Waals surface area contributed by atoms with Gasteiger partial charge in [0.2, 0.25) is 0 Å². The van der Waals surface area contributed by atoms with E-state index in [-0.39, 0.29) is 11.1 Å². The summed E-state index contributed by atoms with van der Waals surface area (Å²) in [7, 11) is 0. The van der Waals surface area contributed by atoms with Crippen LogP contribution in [0.2, 0.25) is 0 Å². The maximum Gasteiger partial charge on any atom is 0.191 e. The smallest absolute Gasteiger partial charge is 0.191 e. The summed E-state index contributed by atoms with van der Waals surface area (Å²) in [5, 5.41) is 30.0. The second-order valence-corrected chi connectivity index (χ2v) is 7.15. The van der Waals surface area contributed by atoms with Gasteiger partial charge in [0.1, 0.15) is 23.8 Å². The summed E-state index contributed by atoms with van der Waals surface area (Å²) in [4.78, 5) is 12.8. The number of nitrogens with two attached hydrogens (primary N) is 1. The van der Waals surface area contributed by atoms with Crippen molar-refractivity contribution in [3.8, 4) is 0 Å². The molecule has 1 fully saturated rings. The van der Waals surface area contributed by atoms with Gasteiger partial charge in [0.05, 0.1) is 12.9 Å². The minimum absolute atomic E-state index is 0.239. The highest BCUT2D eigenvalue weighted by molar-refractivity contribution is 7.99. The third-order valence-electron chi connectivity index (χ3n) is 3.56. The molecule has 2 aromatic rings. The molecular formula is C13H19N5O4S. The number of hydrogen-bond donors (Lipinski definition) is 4. The molecule has 2 unspecified atom stereocenters.